The maximum Gasteiger partial charge on any atom is 0.273 e. The van der Waals surface area contributed by atoms with Crippen LogP contribution in [0.2, 0.25) is 0 Å². The van der Waals surface area contributed by atoms with Gasteiger partial charge in [0.25, 0.3) is 11.8 Å². The van der Waals surface area contributed by atoms with Crippen LogP contribution in [0.15, 0.2) is 46.9 Å². The molecule has 3 amide bonds. The van der Waals surface area contributed by atoms with E-state index in [1.165, 1.54) is 0 Å². The number of carbonyl (C=O) groups excluding carboxylic acids is 3. The topological polar surface area (TPSA) is 106 Å². The number of hydrogen-bond acceptors (Lipinski definition) is 5. The molecule has 0 aliphatic carbocycles. The third kappa shape index (κ3) is 8.03. The van der Waals surface area contributed by atoms with Gasteiger partial charge < -0.3 is 14.8 Å². The van der Waals surface area contributed by atoms with Crippen molar-refractivity contribution in [2.45, 2.75) is 20.3 Å². The Hall–Kier alpha value is -2.91. The lowest BCUT2D eigenvalue weighted by molar-refractivity contribution is -0.116. The molecule has 0 saturated heterocycles. The minimum Gasteiger partial charge on any atom is -0.490 e. The van der Waals surface area contributed by atoms with Crippen molar-refractivity contribution >= 4 is 39.3 Å². The molecule has 2 rings (SSSR count). The molecule has 0 saturated carbocycles. The third-order valence-corrected chi connectivity index (χ3v) is 4.54. The lowest BCUT2D eigenvalue weighted by atomic mass is 10.1. The largest absolute Gasteiger partial charge is 0.490 e. The van der Waals surface area contributed by atoms with Crippen molar-refractivity contribution in [3.63, 3.8) is 0 Å². The summed E-state index contributed by atoms with van der Waals surface area (Å²) in [5.41, 5.74) is 5.94. The Labute approximate surface area is 189 Å². The minimum atomic E-state index is -0.528. The molecule has 0 aromatic heterocycles. The third-order valence-electron chi connectivity index (χ3n) is 4.05. The molecule has 0 bridgehead atoms. The van der Waals surface area contributed by atoms with E-state index in [0.717, 1.165) is 0 Å². The van der Waals surface area contributed by atoms with E-state index in [9.17, 15) is 14.4 Å². The Morgan fingerprint density at radius 2 is 1.65 bits per heavy atom. The van der Waals surface area contributed by atoms with E-state index in [4.69, 9.17) is 9.47 Å². The average Bonchev–Trinajstić information content (AvgIpc) is 2.72. The number of anilines is 1. The van der Waals surface area contributed by atoms with E-state index in [2.05, 4.69) is 32.1 Å². The van der Waals surface area contributed by atoms with Crippen LogP contribution in [0.1, 0.15) is 41.0 Å². The monoisotopic (exact) mass is 491 g/mol. The van der Waals surface area contributed by atoms with Crippen LogP contribution in [0.5, 0.6) is 5.75 Å². The van der Waals surface area contributed by atoms with Gasteiger partial charge in [-0.05, 0) is 48.4 Å². The van der Waals surface area contributed by atoms with Crippen LogP contribution >= 0.6 is 15.9 Å². The van der Waals surface area contributed by atoms with Crippen molar-refractivity contribution in [2.24, 2.45) is 5.92 Å². The standard InChI is InChI=1S/C22H26BrN3O5/c1-14(2)12-20(27)24-17-7-4-15(5-8-17)21(28)25-26-22(29)18-13-16(23)6-9-19(18)31-11-10-30-3/h4-9,13-14H,10-12H2,1-3H3,(H,24,27)(H,25,28)(H,26,29). The van der Waals surface area contributed by atoms with Crippen molar-refractivity contribution in [3.8, 4) is 5.75 Å². The molecule has 0 aliphatic heterocycles. The van der Waals surface area contributed by atoms with Gasteiger partial charge in [0.1, 0.15) is 12.4 Å². The highest BCUT2D eigenvalue weighted by molar-refractivity contribution is 9.10. The fourth-order valence-electron chi connectivity index (χ4n) is 2.58. The molecule has 2 aromatic carbocycles. The second-order valence-electron chi connectivity index (χ2n) is 7.11. The first kappa shape index (κ1) is 24.4. The smallest absolute Gasteiger partial charge is 0.273 e. The number of hydrazine groups is 1. The second kappa shape index (κ2) is 12.1. The number of methoxy groups -OCH3 is 1. The van der Waals surface area contributed by atoms with E-state index in [1.54, 1.807) is 49.6 Å². The van der Waals surface area contributed by atoms with Crippen molar-refractivity contribution in [1.29, 1.82) is 0 Å². The van der Waals surface area contributed by atoms with Crippen LogP contribution in [-0.4, -0.2) is 38.0 Å². The fraction of sp³-hybridized carbons (Fsp3) is 0.318. The second-order valence-corrected chi connectivity index (χ2v) is 8.03. The lowest BCUT2D eigenvalue weighted by Crippen LogP contribution is -2.41. The van der Waals surface area contributed by atoms with Crippen molar-refractivity contribution in [3.05, 3.63) is 58.1 Å². The Balaban J connectivity index is 1.95. The minimum absolute atomic E-state index is 0.0861. The average molecular weight is 492 g/mol. The van der Waals surface area contributed by atoms with Gasteiger partial charge in [0, 0.05) is 29.3 Å². The molecule has 0 atom stereocenters. The van der Waals surface area contributed by atoms with Crippen molar-refractivity contribution < 1.29 is 23.9 Å². The van der Waals surface area contributed by atoms with Crippen LogP contribution in [0, 0.1) is 5.92 Å². The van der Waals surface area contributed by atoms with E-state index < -0.39 is 11.8 Å². The summed E-state index contributed by atoms with van der Waals surface area (Å²) in [5.74, 6) is -0.486. The number of nitrogens with one attached hydrogen (secondary N) is 3. The Kier molecular flexibility index (Phi) is 9.48. The van der Waals surface area contributed by atoms with Crippen LogP contribution in [-0.2, 0) is 9.53 Å². The first-order valence-electron chi connectivity index (χ1n) is 9.72. The van der Waals surface area contributed by atoms with Gasteiger partial charge in [-0.15, -0.1) is 0 Å². The van der Waals surface area contributed by atoms with Gasteiger partial charge in [0.05, 0.1) is 12.2 Å². The number of halogens is 1. The summed E-state index contributed by atoms with van der Waals surface area (Å²) in [6, 6.07) is 11.4. The summed E-state index contributed by atoms with van der Waals surface area (Å²) < 4.78 is 11.2. The summed E-state index contributed by atoms with van der Waals surface area (Å²) in [6.07, 6.45) is 0.418. The molecule has 0 unspecified atom stereocenters. The van der Waals surface area contributed by atoms with Crippen molar-refractivity contribution in [2.75, 3.05) is 25.6 Å². The number of rotatable bonds is 9. The van der Waals surface area contributed by atoms with Gasteiger partial charge in [-0.3, -0.25) is 25.2 Å². The lowest BCUT2D eigenvalue weighted by Gasteiger charge is -2.13. The maximum atomic E-state index is 12.5. The highest BCUT2D eigenvalue weighted by Gasteiger charge is 2.15. The van der Waals surface area contributed by atoms with E-state index >= 15 is 0 Å². The summed E-state index contributed by atoms with van der Waals surface area (Å²) in [4.78, 5) is 36.7. The van der Waals surface area contributed by atoms with Crippen molar-refractivity contribution in [1.82, 2.24) is 10.9 Å². The quantitative estimate of drug-likeness (QED) is 0.367. The normalized spacial score (nSPS) is 10.5. The van der Waals surface area contributed by atoms with Crippen LogP contribution in [0.3, 0.4) is 0 Å². The number of amides is 3. The van der Waals surface area contributed by atoms with Gasteiger partial charge in [0.2, 0.25) is 5.91 Å². The van der Waals surface area contributed by atoms with E-state index in [1.807, 2.05) is 13.8 Å². The first-order chi connectivity index (χ1) is 14.8. The highest BCUT2D eigenvalue weighted by Crippen LogP contribution is 2.23. The molecule has 31 heavy (non-hydrogen) atoms. The van der Waals surface area contributed by atoms with Gasteiger partial charge in [-0.2, -0.15) is 0 Å². The summed E-state index contributed by atoms with van der Waals surface area (Å²) in [6.45, 7) is 4.58. The Bertz CT molecular complexity index is 916. The van der Waals surface area contributed by atoms with Gasteiger partial charge in [-0.25, -0.2) is 0 Å². The fourth-order valence-corrected chi connectivity index (χ4v) is 2.94. The summed E-state index contributed by atoms with van der Waals surface area (Å²) in [5, 5.41) is 2.78. The zero-order chi connectivity index (χ0) is 22.8. The molecule has 0 fully saturated rings. The molecule has 0 spiro atoms. The number of ether oxygens (including phenoxy) is 2. The molecule has 0 radical (unpaired) electrons. The van der Waals surface area contributed by atoms with E-state index in [0.29, 0.717) is 34.5 Å². The SMILES string of the molecule is COCCOc1ccc(Br)cc1C(=O)NNC(=O)c1ccc(NC(=O)CC(C)C)cc1. The molecule has 0 aliphatic rings. The summed E-state index contributed by atoms with van der Waals surface area (Å²) in [7, 11) is 1.56. The maximum absolute atomic E-state index is 12.5. The van der Waals surface area contributed by atoms with Gasteiger partial charge in [0.15, 0.2) is 0 Å². The zero-order valence-corrected chi connectivity index (χ0v) is 19.2. The number of carbonyl (C=O) groups is 3. The molecular weight excluding hydrogens is 466 g/mol. The van der Waals surface area contributed by atoms with Crippen LogP contribution in [0.25, 0.3) is 0 Å². The number of hydrogen-bond donors (Lipinski definition) is 3. The summed E-state index contributed by atoms with van der Waals surface area (Å²) >= 11 is 3.32. The predicted octanol–water partition coefficient (Wildman–Crippen LogP) is 3.53. The predicted molar refractivity (Wildman–Crippen MR) is 121 cm³/mol. The number of benzene rings is 2. The molecule has 8 nitrogen and oxygen atoms in total. The Morgan fingerprint density at radius 1 is 0.968 bits per heavy atom. The zero-order valence-electron chi connectivity index (χ0n) is 17.7. The van der Waals surface area contributed by atoms with Crippen LogP contribution < -0.4 is 20.9 Å². The first-order valence-corrected chi connectivity index (χ1v) is 10.5. The highest BCUT2D eigenvalue weighted by atomic mass is 79.9. The molecule has 166 valence electrons. The molecule has 9 heteroatoms. The van der Waals surface area contributed by atoms with E-state index in [-0.39, 0.29) is 24.0 Å². The molecule has 2 aromatic rings. The van der Waals surface area contributed by atoms with Gasteiger partial charge in [-0.1, -0.05) is 29.8 Å². The van der Waals surface area contributed by atoms with Crippen LogP contribution in [0.4, 0.5) is 5.69 Å². The van der Waals surface area contributed by atoms with Gasteiger partial charge >= 0.3 is 0 Å². The molecular formula is C22H26BrN3O5. The molecule has 3 N–H and O–H groups in total. The molecule has 0 heterocycles. The Morgan fingerprint density at radius 3 is 2.29 bits per heavy atom.